The van der Waals surface area contributed by atoms with Gasteiger partial charge in [0.1, 0.15) is 5.69 Å². The number of hydrogen-bond donors (Lipinski definition) is 4. The summed E-state index contributed by atoms with van der Waals surface area (Å²) >= 11 is 0. The summed E-state index contributed by atoms with van der Waals surface area (Å²) in [6.07, 6.45) is 7.46. The molecule has 2 aliphatic rings. The van der Waals surface area contributed by atoms with Gasteiger partial charge < -0.3 is 30.3 Å². The van der Waals surface area contributed by atoms with E-state index in [1.165, 1.54) is 36.9 Å². The number of nitrogens with zero attached hydrogens (tertiary/aromatic N) is 6. The summed E-state index contributed by atoms with van der Waals surface area (Å²) in [4.78, 5) is 49.3. The number of carbonyl (C=O) groups excluding carboxylic acids is 3. The van der Waals surface area contributed by atoms with Crippen molar-refractivity contribution < 1.29 is 18.9 Å². The summed E-state index contributed by atoms with van der Waals surface area (Å²) in [6.45, 7) is 14.1. The van der Waals surface area contributed by atoms with Crippen LogP contribution in [0.4, 0.5) is 11.4 Å². The highest BCUT2D eigenvalue weighted by Gasteiger charge is 2.27. The quantitative estimate of drug-likeness (QED) is 0.0640. The number of amides is 3. The van der Waals surface area contributed by atoms with Gasteiger partial charge in [0, 0.05) is 78.6 Å². The first-order valence-corrected chi connectivity index (χ1v) is 21.7. The average Bonchev–Trinajstić information content (AvgIpc) is 3.96. The molecular formula is C48H56N10O4. The number of hydrogen-bond acceptors (Lipinski definition) is 10. The summed E-state index contributed by atoms with van der Waals surface area (Å²) in [5.41, 5.74) is 9.76. The van der Waals surface area contributed by atoms with Gasteiger partial charge in [0.15, 0.2) is 11.5 Å². The Kier molecular flexibility index (Phi) is 12.7. The molecule has 5 heterocycles. The molecule has 8 rings (SSSR count). The Morgan fingerprint density at radius 2 is 1.65 bits per heavy atom. The second kappa shape index (κ2) is 18.7. The standard InChI is InChI=1S/C48H56N10O4/c1-31-25-36(9-10-37(31)27-51-45(61)46-53-47(56-62-46)48(2,3)4)43-41-26-38(28-50-44(41)55-54-43)34-7-5-33(6-8-34)35-18-21-57(22-19-35)29-32-16-23-58(24-17-32)40-13-11-39(12-14-40)52-42(60)15-20-49-30-59/h5-14,25-26,28,30,32,35H,15-24,27,29H2,1-4H3,(H,49,59)(H,51,61)(H,52,60)(H,50,54,55). The Morgan fingerprint density at radius 1 is 0.903 bits per heavy atom. The van der Waals surface area contributed by atoms with Gasteiger partial charge in [-0.1, -0.05) is 62.3 Å². The normalized spacial score (nSPS) is 15.5. The third-order valence-electron chi connectivity index (χ3n) is 12.3. The number of nitrogens with one attached hydrogen (secondary N) is 4. The second-order valence-electron chi connectivity index (χ2n) is 17.7. The number of aromatic amines is 1. The van der Waals surface area contributed by atoms with Gasteiger partial charge in [-0.2, -0.15) is 10.1 Å². The molecule has 14 nitrogen and oxygen atoms in total. The van der Waals surface area contributed by atoms with Crippen molar-refractivity contribution in [3.8, 4) is 22.4 Å². The van der Waals surface area contributed by atoms with E-state index in [9.17, 15) is 14.4 Å². The number of likely N-dealkylation sites (tertiary alicyclic amines) is 1. The van der Waals surface area contributed by atoms with Crippen molar-refractivity contribution in [2.45, 2.75) is 77.7 Å². The summed E-state index contributed by atoms with van der Waals surface area (Å²) in [5, 5.41) is 21.0. The minimum absolute atomic E-state index is 0.0408. The first-order chi connectivity index (χ1) is 30.0. The van der Waals surface area contributed by atoms with E-state index in [-0.39, 0.29) is 23.6 Å². The van der Waals surface area contributed by atoms with Crippen molar-refractivity contribution in [1.82, 2.24) is 40.9 Å². The number of aromatic nitrogens is 5. The maximum Gasteiger partial charge on any atom is 0.315 e. The molecule has 6 aromatic rings. The molecule has 62 heavy (non-hydrogen) atoms. The molecule has 0 atom stereocenters. The van der Waals surface area contributed by atoms with Crippen molar-refractivity contribution in [3.63, 3.8) is 0 Å². The van der Waals surface area contributed by atoms with E-state index in [0.717, 1.165) is 83.0 Å². The average molecular weight is 837 g/mol. The predicted molar refractivity (Wildman–Crippen MR) is 241 cm³/mol. The van der Waals surface area contributed by atoms with Crippen LogP contribution in [-0.2, 0) is 21.5 Å². The monoisotopic (exact) mass is 836 g/mol. The van der Waals surface area contributed by atoms with Gasteiger partial charge in [0.2, 0.25) is 12.3 Å². The van der Waals surface area contributed by atoms with Gasteiger partial charge >= 0.3 is 11.8 Å². The van der Waals surface area contributed by atoms with Crippen LogP contribution in [0.3, 0.4) is 0 Å². The topological polar surface area (TPSA) is 174 Å². The number of H-pyrrole nitrogens is 1. The Labute approximate surface area is 362 Å². The molecule has 2 aliphatic heterocycles. The maximum atomic E-state index is 12.7. The molecule has 0 saturated carbocycles. The summed E-state index contributed by atoms with van der Waals surface area (Å²) in [5.74, 6) is 1.20. The predicted octanol–water partition coefficient (Wildman–Crippen LogP) is 7.38. The molecule has 0 spiro atoms. The smallest absolute Gasteiger partial charge is 0.315 e. The maximum absolute atomic E-state index is 12.7. The third kappa shape index (κ3) is 10.0. The largest absolute Gasteiger partial charge is 0.372 e. The second-order valence-corrected chi connectivity index (χ2v) is 17.7. The number of anilines is 2. The van der Waals surface area contributed by atoms with E-state index < -0.39 is 5.91 Å². The minimum Gasteiger partial charge on any atom is -0.372 e. The fourth-order valence-electron chi connectivity index (χ4n) is 8.55. The first kappa shape index (κ1) is 42.3. The van der Waals surface area contributed by atoms with Crippen LogP contribution in [0, 0.1) is 12.8 Å². The molecule has 3 aromatic carbocycles. The van der Waals surface area contributed by atoms with Gasteiger partial charge in [-0.05, 0) is 116 Å². The van der Waals surface area contributed by atoms with Crippen molar-refractivity contribution in [2.24, 2.45) is 5.92 Å². The minimum atomic E-state index is -0.402. The van der Waals surface area contributed by atoms with Crippen molar-refractivity contribution in [3.05, 3.63) is 107 Å². The van der Waals surface area contributed by atoms with Gasteiger partial charge in [-0.3, -0.25) is 19.5 Å². The Morgan fingerprint density at radius 3 is 2.34 bits per heavy atom. The highest BCUT2D eigenvalue weighted by molar-refractivity contribution is 5.94. The number of carbonyl (C=O) groups is 3. The molecular weight excluding hydrogens is 781 g/mol. The number of piperidine rings is 2. The Balaban J connectivity index is 0.809. The summed E-state index contributed by atoms with van der Waals surface area (Å²) in [6, 6.07) is 25.4. The van der Waals surface area contributed by atoms with Crippen LogP contribution in [0.1, 0.15) is 92.0 Å². The molecule has 14 heteroatoms. The molecule has 322 valence electrons. The van der Waals surface area contributed by atoms with Crippen LogP contribution in [0.2, 0.25) is 0 Å². The van der Waals surface area contributed by atoms with Gasteiger partial charge in [0.05, 0.1) is 0 Å². The molecule has 4 N–H and O–H groups in total. The highest BCUT2D eigenvalue weighted by atomic mass is 16.5. The SMILES string of the molecule is Cc1cc(-c2n[nH]c3ncc(-c4ccc(C5CCN(CC6CCN(c7ccc(NC(=O)CCNC=O)cc7)CC6)CC5)cc4)cc23)ccc1CNC(=O)c1nc(C(C)(C)C)no1. The zero-order valence-corrected chi connectivity index (χ0v) is 36.0. The summed E-state index contributed by atoms with van der Waals surface area (Å²) in [7, 11) is 0. The lowest BCUT2D eigenvalue weighted by Gasteiger charge is -2.38. The molecule has 3 amide bonds. The Hall–Kier alpha value is -6.41. The molecule has 0 bridgehead atoms. The van der Waals surface area contributed by atoms with Crippen molar-refractivity contribution >= 4 is 40.6 Å². The molecule has 2 fully saturated rings. The first-order valence-electron chi connectivity index (χ1n) is 21.7. The van der Waals surface area contributed by atoms with Crippen LogP contribution >= 0.6 is 0 Å². The lowest BCUT2D eigenvalue weighted by molar-refractivity contribution is -0.116. The molecule has 0 aliphatic carbocycles. The van der Waals surface area contributed by atoms with Crippen molar-refractivity contribution in [1.29, 1.82) is 0 Å². The fourth-order valence-corrected chi connectivity index (χ4v) is 8.55. The molecule has 2 saturated heterocycles. The summed E-state index contributed by atoms with van der Waals surface area (Å²) < 4.78 is 5.20. The van der Waals surface area contributed by atoms with Crippen LogP contribution < -0.4 is 20.9 Å². The Bertz CT molecular complexity index is 2490. The van der Waals surface area contributed by atoms with Crippen molar-refractivity contribution in [2.75, 3.05) is 49.5 Å². The van der Waals surface area contributed by atoms with E-state index in [2.05, 4.69) is 94.6 Å². The number of pyridine rings is 1. The lowest BCUT2D eigenvalue weighted by atomic mass is 9.87. The van der Waals surface area contributed by atoms with E-state index in [4.69, 9.17) is 9.51 Å². The zero-order chi connectivity index (χ0) is 43.2. The highest BCUT2D eigenvalue weighted by Crippen LogP contribution is 2.34. The van der Waals surface area contributed by atoms with E-state index in [1.807, 2.05) is 58.2 Å². The van der Waals surface area contributed by atoms with Crippen LogP contribution in [-0.4, -0.2) is 87.7 Å². The third-order valence-corrected chi connectivity index (χ3v) is 12.3. The van der Waals surface area contributed by atoms with E-state index >= 15 is 0 Å². The van der Waals surface area contributed by atoms with Gasteiger partial charge in [-0.25, -0.2) is 4.98 Å². The van der Waals surface area contributed by atoms with E-state index in [0.29, 0.717) is 37.2 Å². The van der Waals surface area contributed by atoms with Crippen LogP contribution in [0.5, 0.6) is 0 Å². The lowest BCUT2D eigenvalue weighted by Crippen LogP contribution is -2.41. The molecule has 3 aromatic heterocycles. The number of fused-ring (bicyclic) bond motifs is 1. The van der Waals surface area contributed by atoms with Gasteiger partial charge in [-0.15, -0.1) is 0 Å². The number of aryl methyl sites for hydroxylation is 1. The van der Waals surface area contributed by atoms with Crippen LogP contribution in [0.15, 0.2) is 83.5 Å². The zero-order valence-electron chi connectivity index (χ0n) is 36.0. The molecule has 0 unspecified atom stereocenters. The van der Waals surface area contributed by atoms with Crippen LogP contribution in [0.25, 0.3) is 33.4 Å². The van der Waals surface area contributed by atoms with E-state index in [1.54, 1.807) is 0 Å². The molecule has 0 radical (unpaired) electrons. The number of rotatable bonds is 14. The fraction of sp³-hybridized carbons (Fsp3) is 0.396. The number of benzene rings is 3. The van der Waals surface area contributed by atoms with Gasteiger partial charge in [0.25, 0.3) is 0 Å².